The molecule has 0 aromatic heterocycles. The van der Waals surface area contributed by atoms with E-state index in [0.717, 1.165) is 44.9 Å². The van der Waals surface area contributed by atoms with Crippen molar-refractivity contribution in [3.63, 3.8) is 0 Å². The second-order valence-corrected chi connectivity index (χ2v) is 26.6. The van der Waals surface area contributed by atoms with Crippen LogP contribution in [0, 0.1) is 50.2 Å². The third kappa shape index (κ3) is 9.74. The van der Waals surface area contributed by atoms with Crippen molar-refractivity contribution >= 4 is 11.9 Å². The Balaban J connectivity index is 0.909. The molecular formula is C55H89NO20. The number of fused-ring (bicyclic) bond motifs is 7. The molecule has 1 amide bonds. The molecule has 0 aromatic rings. The molecule has 0 aromatic carbocycles. The fourth-order valence-electron chi connectivity index (χ4n) is 16.4. The molecular weight excluding hydrogens is 995 g/mol. The van der Waals surface area contributed by atoms with E-state index in [0.29, 0.717) is 19.3 Å². The number of aliphatic hydroxyl groups excluding tert-OH is 10. The van der Waals surface area contributed by atoms with Crippen LogP contribution in [-0.2, 0) is 47.5 Å². The lowest BCUT2D eigenvalue weighted by Crippen LogP contribution is -2.67. The van der Waals surface area contributed by atoms with Gasteiger partial charge in [-0.15, -0.1) is 0 Å². The lowest BCUT2D eigenvalue weighted by molar-refractivity contribution is -0.360. The van der Waals surface area contributed by atoms with Gasteiger partial charge in [-0.2, -0.15) is 0 Å². The van der Waals surface area contributed by atoms with Crippen molar-refractivity contribution in [3.05, 3.63) is 11.6 Å². The molecule has 4 heterocycles. The van der Waals surface area contributed by atoms with Crippen molar-refractivity contribution in [3.8, 4) is 0 Å². The first-order valence-electron chi connectivity index (χ1n) is 27.9. The van der Waals surface area contributed by atoms with Crippen LogP contribution >= 0.6 is 0 Å². The number of aliphatic hydroxyl groups is 10. The smallest absolute Gasteiger partial charge is 0.315 e. The zero-order chi connectivity index (χ0) is 55.6. The van der Waals surface area contributed by atoms with Crippen molar-refractivity contribution in [2.75, 3.05) is 13.2 Å². The van der Waals surface area contributed by atoms with Crippen molar-refractivity contribution in [2.45, 2.75) is 256 Å². The highest BCUT2D eigenvalue weighted by atomic mass is 16.7. The topological polar surface area (TPSA) is 322 Å². The van der Waals surface area contributed by atoms with Gasteiger partial charge in [-0.3, -0.25) is 9.59 Å². The summed E-state index contributed by atoms with van der Waals surface area (Å²) in [5, 5.41) is 111. The minimum absolute atomic E-state index is 0.0376. The highest BCUT2D eigenvalue weighted by molar-refractivity contribution is 5.79. The average molecular weight is 1080 g/mol. The van der Waals surface area contributed by atoms with Crippen molar-refractivity contribution < 1.29 is 98.5 Å². The van der Waals surface area contributed by atoms with Crippen LogP contribution in [0.4, 0.5) is 0 Å². The van der Waals surface area contributed by atoms with Crippen LogP contribution in [0.3, 0.4) is 0 Å². The molecule has 434 valence electrons. The highest BCUT2D eigenvalue weighted by Crippen LogP contribution is 2.76. The van der Waals surface area contributed by atoms with E-state index in [9.17, 15) is 60.7 Å². The quantitative estimate of drug-likeness (QED) is 0.0819. The summed E-state index contributed by atoms with van der Waals surface area (Å²) < 4.78 is 48.2. The molecule has 27 atom stereocenters. The number of nitrogens with one attached hydrogen (secondary N) is 1. The number of carbonyl (C=O) groups excluding carboxylic acids is 2. The van der Waals surface area contributed by atoms with E-state index in [1.807, 2.05) is 0 Å². The Morgan fingerprint density at radius 3 is 2.01 bits per heavy atom. The lowest BCUT2D eigenvalue weighted by atomic mass is 9.33. The van der Waals surface area contributed by atoms with Gasteiger partial charge in [0.25, 0.3) is 0 Å². The Morgan fingerprint density at radius 2 is 1.32 bits per heavy atom. The molecule has 8 fully saturated rings. The number of esters is 1. The Labute approximate surface area is 445 Å². The summed E-state index contributed by atoms with van der Waals surface area (Å²) in [6.07, 6.45) is -16.1. The average Bonchev–Trinajstić information content (AvgIpc) is 3.53. The summed E-state index contributed by atoms with van der Waals surface area (Å²) in [4.78, 5) is 27.3. The molecule has 0 radical (unpaired) electrons. The SMILES string of the molecule is CC(=O)NC1C(OC2CCC3(C)C(CCC4(C)C3CC=C3C5CC(C)(C)CCC5(C(=O)OC5OCC(O)C(O)C5O)CCC34C)C2(C)C)OC(COC2OC(C)C(O)C(OC3OC(C)C(O)C(O)C3O)C2O)C(O)C1O. The molecule has 21 nitrogen and oxygen atoms in total. The summed E-state index contributed by atoms with van der Waals surface area (Å²) >= 11 is 0. The second kappa shape index (κ2) is 21.1. The highest BCUT2D eigenvalue weighted by Gasteiger charge is 2.70. The van der Waals surface area contributed by atoms with Gasteiger partial charge in [-0.1, -0.05) is 60.1 Å². The number of hydrogen-bond acceptors (Lipinski definition) is 20. The number of rotatable bonds is 10. The Bertz CT molecular complexity index is 2150. The third-order valence-corrected chi connectivity index (χ3v) is 21.3. The van der Waals surface area contributed by atoms with Gasteiger partial charge < -0.3 is 94.3 Å². The van der Waals surface area contributed by atoms with E-state index >= 15 is 0 Å². The van der Waals surface area contributed by atoms with E-state index in [2.05, 4.69) is 59.9 Å². The van der Waals surface area contributed by atoms with Crippen LogP contribution in [0.5, 0.6) is 0 Å². The zero-order valence-corrected chi connectivity index (χ0v) is 45.9. The maximum absolute atomic E-state index is 14.6. The molecule has 0 bridgehead atoms. The van der Waals surface area contributed by atoms with E-state index < -0.39 is 152 Å². The largest absolute Gasteiger partial charge is 0.432 e. The normalized spacial score (nSPS) is 52.9. The molecule has 4 aliphatic heterocycles. The number of ether oxygens (including phenoxy) is 8. The number of allylic oxidation sites excluding steroid dienone is 2. The monoisotopic (exact) mass is 1080 g/mol. The molecule has 0 spiro atoms. The molecule has 76 heavy (non-hydrogen) atoms. The molecule has 21 heteroatoms. The predicted octanol–water partition coefficient (Wildman–Crippen LogP) is 0.803. The first-order valence-corrected chi connectivity index (χ1v) is 27.9. The molecule has 4 saturated heterocycles. The first-order chi connectivity index (χ1) is 35.4. The van der Waals surface area contributed by atoms with Crippen LogP contribution in [0.1, 0.15) is 133 Å². The molecule has 9 rings (SSSR count). The Hall–Kier alpha value is -2.00. The summed E-state index contributed by atoms with van der Waals surface area (Å²) in [7, 11) is 0. The van der Waals surface area contributed by atoms with Crippen molar-refractivity contribution in [1.82, 2.24) is 5.32 Å². The summed E-state index contributed by atoms with van der Waals surface area (Å²) in [5.74, 6) is -0.559. The maximum atomic E-state index is 14.6. The second-order valence-electron chi connectivity index (χ2n) is 26.6. The van der Waals surface area contributed by atoms with Crippen LogP contribution in [0.2, 0.25) is 0 Å². The molecule has 5 aliphatic carbocycles. The maximum Gasteiger partial charge on any atom is 0.315 e. The van der Waals surface area contributed by atoms with Gasteiger partial charge in [-0.05, 0) is 123 Å². The van der Waals surface area contributed by atoms with Gasteiger partial charge in [0.05, 0.1) is 36.9 Å². The van der Waals surface area contributed by atoms with Crippen molar-refractivity contribution in [1.29, 1.82) is 0 Å². The van der Waals surface area contributed by atoms with Gasteiger partial charge in [0.1, 0.15) is 79.3 Å². The summed E-state index contributed by atoms with van der Waals surface area (Å²) in [6, 6.07) is -1.17. The number of hydrogen-bond donors (Lipinski definition) is 11. The summed E-state index contributed by atoms with van der Waals surface area (Å²) in [6.45, 7) is 19.8. The standard InChI is InChI=1S/C55H89NO20/c1-24-35(59)40(64)42(66)48(72-24)75-44-36(60)25(2)71-47(43(44)67)70-23-30-38(62)39(63)34(56-26(3)57)45(73-30)74-33-14-15-52(8)31(51(33,6)7)13-16-54(10)32(52)12-11-27-28-21-50(4,5)17-19-55(28,20-18-53(27,54)9)49(68)76-46-41(65)37(61)29(58)22-69-46/h11,24-25,28-48,58-67H,12-23H2,1-10H3,(H,56,57). The van der Waals surface area contributed by atoms with Gasteiger partial charge in [0, 0.05) is 6.92 Å². The fraction of sp³-hybridized carbons (Fsp3) is 0.927. The van der Waals surface area contributed by atoms with Crippen LogP contribution in [0.15, 0.2) is 11.6 Å². The van der Waals surface area contributed by atoms with E-state index in [1.54, 1.807) is 0 Å². The van der Waals surface area contributed by atoms with Crippen molar-refractivity contribution in [2.24, 2.45) is 50.2 Å². The molecule has 9 aliphatic rings. The van der Waals surface area contributed by atoms with Crippen LogP contribution in [-0.4, -0.2) is 199 Å². The van der Waals surface area contributed by atoms with Gasteiger partial charge in [0.15, 0.2) is 18.9 Å². The predicted molar refractivity (Wildman–Crippen MR) is 266 cm³/mol. The molecule has 27 unspecified atom stereocenters. The van der Waals surface area contributed by atoms with Crippen LogP contribution < -0.4 is 5.32 Å². The fourth-order valence-corrected chi connectivity index (χ4v) is 16.4. The van der Waals surface area contributed by atoms with Crippen LogP contribution in [0.25, 0.3) is 0 Å². The van der Waals surface area contributed by atoms with Gasteiger partial charge >= 0.3 is 5.97 Å². The lowest BCUT2D eigenvalue weighted by Gasteiger charge is -2.71. The Kier molecular flexibility index (Phi) is 16.3. The summed E-state index contributed by atoms with van der Waals surface area (Å²) in [5.41, 5.74) is -0.558. The van der Waals surface area contributed by atoms with E-state index in [1.165, 1.54) is 26.3 Å². The minimum Gasteiger partial charge on any atom is -0.432 e. The number of amides is 1. The first kappa shape index (κ1) is 58.6. The zero-order valence-electron chi connectivity index (χ0n) is 45.9. The third-order valence-electron chi connectivity index (χ3n) is 21.3. The van der Waals surface area contributed by atoms with Gasteiger partial charge in [-0.25, -0.2) is 0 Å². The van der Waals surface area contributed by atoms with Gasteiger partial charge in [0.2, 0.25) is 12.2 Å². The molecule has 4 saturated carbocycles. The van der Waals surface area contributed by atoms with E-state index in [-0.39, 0.29) is 46.0 Å². The number of carbonyl (C=O) groups is 2. The minimum atomic E-state index is -1.72. The molecule has 11 N–H and O–H groups in total. The Morgan fingerprint density at radius 1 is 0.658 bits per heavy atom. The van der Waals surface area contributed by atoms with E-state index in [4.69, 9.17) is 37.9 Å².